The van der Waals surface area contributed by atoms with Crippen molar-refractivity contribution in [1.29, 1.82) is 0 Å². The summed E-state index contributed by atoms with van der Waals surface area (Å²) in [5.74, 6) is 0.825. The molecule has 3 nitrogen and oxygen atoms in total. The molecule has 0 bridgehead atoms. The van der Waals surface area contributed by atoms with Gasteiger partial charge in [0.05, 0.1) is 23.9 Å². The van der Waals surface area contributed by atoms with Crippen LogP contribution in [0.25, 0.3) is 0 Å². The van der Waals surface area contributed by atoms with Gasteiger partial charge < -0.3 is 15.4 Å². The summed E-state index contributed by atoms with van der Waals surface area (Å²) in [6, 6.07) is 13.8. The smallest absolute Gasteiger partial charge is 0.142 e. The SMILES string of the molecule is COc1ccccc1N(C)C(CN)c1ccc(Cl)c(Br)c1. The van der Waals surface area contributed by atoms with E-state index in [0.717, 1.165) is 21.5 Å². The Labute approximate surface area is 138 Å². The number of methoxy groups -OCH3 is 1. The molecule has 0 aliphatic carbocycles. The van der Waals surface area contributed by atoms with Gasteiger partial charge in [0.15, 0.2) is 0 Å². The first kappa shape index (κ1) is 16.1. The van der Waals surface area contributed by atoms with Gasteiger partial charge in [-0.3, -0.25) is 0 Å². The summed E-state index contributed by atoms with van der Waals surface area (Å²) >= 11 is 9.52. The molecule has 1 unspecified atom stereocenters. The molecule has 0 heterocycles. The first-order valence-electron chi connectivity index (χ1n) is 6.59. The quantitative estimate of drug-likeness (QED) is 0.856. The lowest BCUT2D eigenvalue weighted by atomic mass is 10.0. The molecule has 21 heavy (non-hydrogen) atoms. The second kappa shape index (κ2) is 7.16. The van der Waals surface area contributed by atoms with Crippen molar-refractivity contribution in [1.82, 2.24) is 0 Å². The number of likely N-dealkylation sites (N-methyl/N-ethyl adjacent to an activating group) is 1. The third-order valence-corrected chi connectivity index (χ3v) is 4.70. The number of nitrogens with two attached hydrogens (primary N) is 1. The molecule has 2 rings (SSSR count). The lowest BCUT2D eigenvalue weighted by molar-refractivity contribution is 0.413. The average Bonchev–Trinajstić information content (AvgIpc) is 2.51. The summed E-state index contributed by atoms with van der Waals surface area (Å²) in [6.45, 7) is 0.489. The number of hydrogen-bond donors (Lipinski definition) is 1. The zero-order valence-electron chi connectivity index (χ0n) is 12.0. The van der Waals surface area contributed by atoms with Crippen molar-refractivity contribution in [2.75, 3.05) is 25.6 Å². The molecule has 0 fully saturated rings. The molecule has 5 heteroatoms. The number of nitrogens with zero attached hydrogens (tertiary/aromatic N) is 1. The molecule has 2 aromatic carbocycles. The van der Waals surface area contributed by atoms with E-state index >= 15 is 0 Å². The monoisotopic (exact) mass is 368 g/mol. The van der Waals surface area contributed by atoms with E-state index in [0.29, 0.717) is 11.6 Å². The van der Waals surface area contributed by atoms with Crippen LogP contribution in [0.4, 0.5) is 5.69 Å². The van der Waals surface area contributed by atoms with Crippen LogP contribution in [0, 0.1) is 0 Å². The lowest BCUT2D eigenvalue weighted by Crippen LogP contribution is -2.30. The standard InChI is InChI=1S/C16H18BrClN2O/c1-20(14-5-3-4-6-16(14)21-2)15(10-19)11-7-8-13(18)12(17)9-11/h3-9,15H,10,19H2,1-2H3. The normalized spacial score (nSPS) is 12.0. The molecule has 0 aromatic heterocycles. The van der Waals surface area contributed by atoms with Crippen molar-refractivity contribution in [3.63, 3.8) is 0 Å². The van der Waals surface area contributed by atoms with Crippen molar-refractivity contribution in [2.24, 2.45) is 5.73 Å². The number of rotatable bonds is 5. The molecule has 0 radical (unpaired) electrons. The average molecular weight is 370 g/mol. The zero-order valence-corrected chi connectivity index (χ0v) is 14.4. The maximum atomic E-state index is 6.06. The van der Waals surface area contributed by atoms with Gasteiger partial charge in [-0.25, -0.2) is 0 Å². The van der Waals surface area contributed by atoms with Crippen molar-refractivity contribution in [3.05, 3.63) is 57.5 Å². The Balaban J connectivity index is 2.38. The van der Waals surface area contributed by atoms with Crippen LogP contribution in [0.5, 0.6) is 5.75 Å². The van der Waals surface area contributed by atoms with E-state index in [1.54, 1.807) is 7.11 Å². The van der Waals surface area contributed by atoms with Crippen LogP contribution in [0.1, 0.15) is 11.6 Å². The van der Waals surface area contributed by atoms with Crippen molar-refractivity contribution < 1.29 is 4.74 Å². The molecule has 0 amide bonds. The van der Waals surface area contributed by atoms with Crippen molar-refractivity contribution in [2.45, 2.75) is 6.04 Å². The van der Waals surface area contributed by atoms with Crippen LogP contribution in [0.3, 0.4) is 0 Å². The van der Waals surface area contributed by atoms with E-state index in [-0.39, 0.29) is 6.04 Å². The lowest BCUT2D eigenvalue weighted by Gasteiger charge is -2.30. The molecular formula is C16H18BrClN2O. The Bertz CT molecular complexity index is 621. The second-order valence-corrected chi connectivity index (χ2v) is 5.97. The second-order valence-electron chi connectivity index (χ2n) is 4.71. The topological polar surface area (TPSA) is 38.5 Å². The maximum Gasteiger partial charge on any atom is 0.142 e. The Morgan fingerprint density at radius 2 is 2.00 bits per heavy atom. The van der Waals surface area contributed by atoms with Gasteiger partial charge in [0, 0.05) is 18.1 Å². The fourth-order valence-electron chi connectivity index (χ4n) is 2.33. The number of benzene rings is 2. The maximum absolute atomic E-state index is 6.06. The minimum Gasteiger partial charge on any atom is -0.495 e. The van der Waals surface area contributed by atoms with Gasteiger partial charge in [-0.2, -0.15) is 0 Å². The Hall–Kier alpha value is -1.23. The van der Waals surface area contributed by atoms with Crippen LogP contribution in [0.15, 0.2) is 46.9 Å². The first-order chi connectivity index (χ1) is 10.1. The third-order valence-electron chi connectivity index (χ3n) is 3.48. The van der Waals surface area contributed by atoms with Crippen LogP contribution in [-0.2, 0) is 0 Å². The molecule has 0 saturated heterocycles. The summed E-state index contributed by atoms with van der Waals surface area (Å²) in [5, 5.41) is 0.689. The highest BCUT2D eigenvalue weighted by atomic mass is 79.9. The van der Waals surface area contributed by atoms with Crippen LogP contribution < -0.4 is 15.4 Å². The van der Waals surface area contributed by atoms with Gasteiger partial charge in [-0.1, -0.05) is 29.8 Å². The highest BCUT2D eigenvalue weighted by Gasteiger charge is 2.19. The van der Waals surface area contributed by atoms with E-state index in [9.17, 15) is 0 Å². The highest BCUT2D eigenvalue weighted by Crippen LogP contribution is 2.34. The highest BCUT2D eigenvalue weighted by molar-refractivity contribution is 9.10. The summed E-state index contributed by atoms with van der Waals surface area (Å²) in [7, 11) is 3.68. The van der Waals surface area contributed by atoms with Gasteiger partial charge in [-0.15, -0.1) is 0 Å². The Morgan fingerprint density at radius 1 is 1.29 bits per heavy atom. The fourth-order valence-corrected chi connectivity index (χ4v) is 2.84. The molecule has 2 N–H and O–H groups in total. The largest absolute Gasteiger partial charge is 0.495 e. The summed E-state index contributed by atoms with van der Waals surface area (Å²) < 4.78 is 6.30. The van der Waals surface area contributed by atoms with Crippen LogP contribution in [-0.4, -0.2) is 20.7 Å². The summed E-state index contributed by atoms with van der Waals surface area (Å²) in [6.07, 6.45) is 0. The van der Waals surface area contributed by atoms with E-state index in [2.05, 4.69) is 20.8 Å². The third kappa shape index (κ3) is 3.51. The van der Waals surface area contributed by atoms with E-state index < -0.39 is 0 Å². The van der Waals surface area contributed by atoms with Gasteiger partial charge >= 0.3 is 0 Å². The van der Waals surface area contributed by atoms with Gasteiger partial charge in [0.1, 0.15) is 5.75 Å². The van der Waals surface area contributed by atoms with E-state index in [1.165, 1.54) is 0 Å². The van der Waals surface area contributed by atoms with Crippen LogP contribution in [0.2, 0.25) is 5.02 Å². The van der Waals surface area contributed by atoms with Crippen LogP contribution >= 0.6 is 27.5 Å². The number of hydrogen-bond acceptors (Lipinski definition) is 3. The Kier molecular flexibility index (Phi) is 5.51. The number of ether oxygens (including phenoxy) is 1. The molecular weight excluding hydrogens is 352 g/mol. The van der Waals surface area contributed by atoms with Gasteiger partial charge in [0.2, 0.25) is 0 Å². The van der Waals surface area contributed by atoms with E-state index in [1.807, 2.05) is 49.5 Å². The van der Waals surface area contributed by atoms with Crippen molar-refractivity contribution >= 4 is 33.2 Å². The minimum atomic E-state index is 0.0369. The summed E-state index contributed by atoms with van der Waals surface area (Å²) in [4.78, 5) is 2.12. The molecule has 0 aliphatic rings. The Morgan fingerprint density at radius 3 is 2.62 bits per heavy atom. The van der Waals surface area contributed by atoms with Gasteiger partial charge in [-0.05, 0) is 45.8 Å². The zero-order chi connectivity index (χ0) is 15.4. The molecule has 0 spiro atoms. The molecule has 0 saturated carbocycles. The number of para-hydroxylation sites is 2. The van der Waals surface area contributed by atoms with Crippen molar-refractivity contribution in [3.8, 4) is 5.75 Å². The number of halogens is 2. The molecule has 1 atom stereocenters. The minimum absolute atomic E-state index is 0.0369. The first-order valence-corrected chi connectivity index (χ1v) is 7.76. The fraction of sp³-hybridized carbons (Fsp3) is 0.250. The molecule has 112 valence electrons. The van der Waals surface area contributed by atoms with E-state index in [4.69, 9.17) is 22.1 Å². The molecule has 2 aromatic rings. The predicted octanol–water partition coefficient (Wildman–Crippen LogP) is 4.25. The molecule has 0 aliphatic heterocycles. The predicted molar refractivity (Wildman–Crippen MR) is 92.3 cm³/mol. The number of anilines is 1. The summed E-state index contributed by atoms with van der Waals surface area (Å²) in [5.41, 5.74) is 8.09. The van der Waals surface area contributed by atoms with Gasteiger partial charge in [0.25, 0.3) is 0 Å².